The van der Waals surface area contributed by atoms with Crippen LogP contribution in [0.2, 0.25) is 0 Å². The molecule has 0 aliphatic heterocycles. The molecule has 2 amide bonds. The van der Waals surface area contributed by atoms with Crippen LogP contribution in [0.3, 0.4) is 0 Å². The fraction of sp³-hybridized carbons (Fsp3) is 0.207. The van der Waals surface area contributed by atoms with Crippen LogP contribution >= 0.6 is 15.9 Å². The van der Waals surface area contributed by atoms with Gasteiger partial charge in [0.05, 0.1) is 17.3 Å². The first-order valence-electron chi connectivity index (χ1n) is 12.3. The fourth-order valence-electron chi connectivity index (χ4n) is 3.64. The number of benzene rings is 3. The third-order valence-electron chi connectivity index (χ3n) is 5.59. The summed E-state index contributed by atoms with van der Waals surface area (Å²) in [6.45, 7) is 8.13. The van der Waals surface area contributed by atoms with Gasteiger partial charge in [-0.1, -0.05) is 30.3 Å². The van der Waals surface area contributed by atoms with Crippen LogP contribution < -0.4 is 20.4 Å². The van der Waals surface area contributed by atoms with Crippen LogP contribution in [0.4, 0.5) is 5.69 Å². The average molecular weight is 579 g/mol. The molecule has 0 spiro atoms. The number of ether oxygens (including phenoxy) is 1. The minimum absolute atomic E-state index is 0.0195. The van der Waals surface area contributed by atoms with Gasteiger partial charge in [0.25, 0.3) is 11.8 Å². The highest BCUT2D eigenvalue weighted by molar-refractivity contribution is 9.10. The summed E-state index contributed by atoms with van der Waals surface area (Å²) in [6, 6.07) is 19.6. The Kier molecular flexibility index (Phi) is 10.5. The molecule has 0 unspecified atom stereocenters. The number of anilines is 1. The quantitative estimate of drug-likeness (QED) is 0.162. The first-order chi connectivity index (χ1) is 18.4. The van der Waals surface area contributed by atoms with E-state index in [1.165, 1.54) is 6.21 Å². The van der Waals surface area contributed by atoms with E-state index >= 15 is 0 Å². The third-order valence-corrected chi connectivity index (χ3v) is 6.20. The van der Waals surface area contributed by atoms with E-state index in [1.807, 2.05) is 37.3 Å². The molecule has 0 bridgehead atoms. The zero-order chi connectivity index (χ0) is 27.5. The Morgan fingerprint density at radius 1 is 1.00 bits per heavy atom. The summed E-state index contributed by atoms with van der Waals surface area (Å²) >= 11 is 3.28. The van der Waals surface area contributed by atoms with Crippen LogP contribution in [0.5, 0.6) is 11.5 Å². The summed E-state index contributed by atoms with van der Waals surface area (Å²) in [5, 5.41) is 16.8. The monoisotopic (exact) mass is 578 g/mol. The van der Waals surface area contributed by atoms with Gasteiger partial charge < -0.3 is 20.1 Å². The number of carbonyl (C=O) groups is 2. The molecule has 8 nitrogen and oxygen atoms in total. The van der Waals surface area contributed by atoms with Crippen LogP contribution in [0, 0.1) is 0 Å². The number of amides is 2. The Morgan fingerprint density at radius 2 is 1.68 bits per heavy atom. The molecule has 198 valence electrons. The van der Waals surface area contributed by atoms with E-state index in [9.17, 15) is 14.7 Å². The summed E-state index contributed by atoms with van der Waals surface area (Å²) in [5.74, 6) is -0.742. The topological polar surface area (TPSA) is 103 Å². The molecule has 0 fully saturated rings. The SMILES string of the molecule is CCOc1cc(C=NNC(=O)C(=Cc2ccc(N(CC)CC)cc2)NC(=O)c2ccccc2)cc(Br)c1O. The summed E-state index contributed by atoms with van der Waals surface area (Å²) < 4.78 is 5.86. The van der Waals surface area contributed by atoms with Crippen molar-refractivity contribution >= 4 is 45.7 Å². The number of hydrogen-bond acceptors (Lipinski definition) is 6. The highest BCUT2D eigenvalue weighted by Crippen LogP contribution is 2.35. The van der Waals surface area contributed by atoms with Crippen molar-refractivity contribution in [3.63, 3.8) is 0 Å². The molecule has 0 heterocycles. The number of nitrogens with one attached hydrogen (secondary N) is 2. The molecule has 0 aliphatic rings. The number of rotatable bonds is 11. The molecule has 0 radical (unpaired) electrons. The van der Waals surface area contributed by atoms with Crippen LogP contribution in [0.15, 0.2) is 82.0 Å². The molecule has 3 aromatic rings. The van der Waals surface area contributed by atoms with E-state index in [2.05, 4.69) is 50.5 Å². The predicted octanol–water partition coefficient (Wildman–Crippen LogP) is 5.32. The standard InChI is InChI=1S/C29H31BrN4O4/c1-4-34(5-2)23-14-12-20(13-15-23)17-25(32-28(36)22-10-8-7-9-11-22)29(37)33-31-19-21-16-24(30)27(35)26(18-21)38-6-3/h7-19,35H,4-6H2,1-3H3,(H,32,36)(H,33,37). The highest BCUT2D eigenvalue weighted by Gasteiger charge is 2.15. The number of phenols is 1. The van der Waals surface area contributed by atoms with E-state index in [0.29, 0.717) is 28.0 Å². The van der Waals surface area contributed by atoms with Gasteiger partial charge in [-0.25, -0.2) is 5.43 Å². The molecule has 3 N–H and O–H groups in total. The van der Waals surface area contributed by atoms with Crippen molar-refractivity contribution in [1.29, 1.82) is 0 Å². The van der Waals surface area contributed by atoms with Crippen LogP contribution in [-0.4, -0.2) is 42.8 Å². The molecule has 9 heteroatoms. The molecular weight excluding hydrogens is 548 g/mol. The maximum absolute atomic E-state index is 13.1. The van der Waals surface area contributed by atoms with E-state index in [-0.39, 0.29) is 11.4 Å². The molecule has 3 aromatic carbocycles. The van der Waals surface area contributed by atoms with Crippen molar-refractivity contribution in [1.82, 2.24) is 10.7 Å². The maximum Gasteiger partial charge on any atom is 0.287 e. The van der Waals surface area contributed by atoms with Crippen molar-refractivity contribution in [3.8, 4) is 11.5 Å². The number of nitrogens with zero attached hydrogens (tertiary/aromatic N) is 2. The fourth-order valence-corrected chi connectivity index (χ4v) is 4.10. The average Bonchev–Trinajstić information content (AvgIpc) is 2.93. The molecule has 0 aliphatic carbocycles. The molecule has 0 saturated carbocycles. The van der Waals surface area contributed by atoms with Gasteiger partial charge in [0.15, 0.2) is 11.5 Å². The van der Waals surface area contributed by atoms with Gasteiger partial charge in [-0.15, -0.1) is 0 Å². The molecule has 0 atom stereocenters. The second kappa shape index (κ2) is 14.0. The van der Waals surface area contributed by atoms with Gasteiger partial charge >= 0.3 is 0 Å². The van der Waals surface area contributed by atoms with Crippen LogP contribution in [-0.2, 0) is 4.79 Å². The molecule has 3 rings (SSSR count). The van der Waals surface area contributed by atoms with Crippen molar-refractivity contribution in [2.45, 2.75) is 20.8 Å². The zero-order valence-corrected chi connectivity index (χ0v) is 23.2. The summed E-state index contributed by atoms with van der Waals surface area (Å²) in [6.07, 6.45) is 3.02. The lowest BCUT2D eigenvalue weighted by molar-refractivity contribution is -0.117. The number of carbonyl (C=O) groups excluding carboxylic acids is 2. The number of phenolic OH excluding ortho intramolecular Hbond substituents is 1. The summed E-state index contributed by atoms with van der Waals surface area (Å²) in [7, 11) is 0. The predicted molar refractivity (Wildman–Crippen MR) is 155 cm³/mol. The summed E-state index contributed by atoms with van der Waals surface area (Å²) in [5.41, 5.74) is 5.32. The van der Waals surface area contributed by atoms with Gasteiger partial charge in [-0.05, 0) is 90.3 Å². The molecule has 0 saturated heterocycles. The minimum atomic E-state index is -0.596. The second-order valence-electron chi connectivity index (χ2n) is 8.12. The Hall–Kier alpha value is -4.11. The molecular formula is C29H31BrN4O4. The maximum atomic E-state index is 13.1. The minimum Gasteiger partial charge on any atom is -0.503 e. The summed E-state index contributed by atoms with van der Waals surface area (Å²) in [4.78, 5) is 28.1. The van der Waals surface area contributed by atoms with Crippen molar-refractivity contribution < 1.29 is 19.4 Å². The number of hydrogen-bond donors (Lipinski definition) is 3. The zero-order valence-electron chi connectivity index (χ0n) is 21.6. The van der Waals surface area contributed by atoms with Crippen LogP contribution in [0.25, 0.3) is 6.08 Å². The first-order valence-corrected chi connectivity index (χ1v) is 13.1. The van der Waals surface area contributed by atoms with E-state index in [1.54, 1.807) is 42.5 Å². The first kappa shape index (κ1) is 28.5. The van der Waals surface area contributed by atoms with Gasteiger partial charge in [0, 0.05) is 24.3 Å². The lowest BCUT2D eigenvalue weighted by Gasteiger charge is -2.21. The van der Waals surface area contributed by atoms with Crippen LogP contribution in [0.1, 0.15) is 42.3 Å². The van der Waals surface area contributed by atoms with E-state index < -0.39 is 11.8 Å². The van der Waals surface area contributed by atoms with Gasteiger partial charge in [0.1, 0.15) is 5.70 Å². The van der Waals surface area contributed by atoms with Gasteiger partial charge in [0.2, 0.25) is 0 Å². The smallest absolute Gasteiger partial charge is 0.287 e. The second-order valence-corrected chi connectivity index (χ2v) is 8.98. The Morgan fingerprint density at radius 3 is 2.32 bits per heavy atom. The van der Waals surface area contributed by atoms with Gasteiger partial charge in [-0.3, -0.25) is 9.59 Å². The Bertz CT molecular complexity index is 1300. The van der Waals surface area contributed by atoms with Crippen molar-refractivity contribution in [2.75, 3.05) is 24.6 Å². The van der Waals surface area contributed by atoms with Gasteiger partial charge in [-0.2, -0.15) is 5.10 Å². The lowest BCUT2D eigenvalue weighted by atomic mass is 10.1. The normalized spacial score (nSPS) is 11.3. The van der Waals surface area contributed by atoms with E-state index in [0.717, 1.165) is 24.3 Å². The lowest BCUT2D eigenvalue weighted by Crippen LogP contribution is -2.32. The van der Waals surface area contributed by atoms with E-state index in [4.69, 9.17) is 4.74 Å². The number of hydrazone groups is 1. The Balaban J connectivity index is 1.84. The number of aromatic hydroxyl groups is 1. The third kappa shape index (κ3) is 7.69. The van der Waals surface area contributed by atoms with Crippen molar-refractivity contribution in [3.05, 3.63) is 93.6 Å². The largest absolute Gasteiger partial charge is 0.503 e. The molecule has 0 aromatic heterocycles. The van der Waals surface area contributed by atoms with Crippen molar-refractivity contribution in [2.24, 2.45) is 5.10 Å². The highest BCUT2D eigenvalue weighted by atomic mass is 79.9. The molecule has 38 heavy (non-hydrogen) atoms. The number of halogens is 1. The Labute approximate surface area is 231 Å².